The van der Waals surface area contributed by atoms with Crippen LogP contribution in [-0.2, 0) is 11.3 Å². The van der Waals surface area contributed by atoms with E-state index in [2.05, 4.69) is 58.1 Å². The van der Waals surface area contributed by atoms with Crippen LogP contribution in [0.3, 0.4) is 0 Å². The van der Waals surface area contributed by atoms with Crippen LogP contribution in [0.2, 0.25) is 0 Å². The Bertz CT molecular complexity index is 279. The van der Waals surface area contributed by atoms with Gasteiger partial charge in [-0.2, -0.15) is 0 Å². The summed E-state index contributed by atoms with van der Waals surface area (Å²) in [6.07, 6.45) is 0. The molecule has 0 N–H and O–H groups in total. The van der Waals surface area contributed by atoms with Crippen LogP contribution in [0.1, 0.15) is 12.5 Å². The van der Waals surface area contributed by atoms with E-state index < -0.39 is 0 Å². The van der Waals surface area contributed by atoms with E-state index in [0.29, 0.717) is 6.04 Å². The Kier molecular flexibility index (Phi) is 6.69. The number of hydrogen-bond acceptors (Lipinski definition) is 2. The van der Waals surface area contributed by atoms with Gasteiger partial charge < -0.3 is 4.74 Å². The fourth-order valence-electron chi connectivity index (χ4n) is 1.73. The molecule has 0 spiro atoms. The molecule has 0 heterocycles. The Morgan fingerprint density at radius 1 is 1.31 bits per heavy atom. The van der Waals surface area contributed by atoms with Crippen LogP contribution in [-0.4, -0.2) is 36.5 Å². The second-order valence-electron chi connectivity index (χ2n) is 3.95. The van der Waals surface area contributed by atoms with E-state index in [0.717, 1.165) is 25.0 Å². The fourth-order valence-corrected chi connectivity index (χ4v) is 2.18. The molecule has 2 nitrogen and oxygen atoms in total. The lowest BCUT2D eigenvalue weighted by atomic mass is 10.2. The van der Waals surface area contributed by atoms with Crippen LogP contribution in [0, 0.1) is 0 Å². The Labute approximate surface area is 107 Å². The number of halogens is 1. The molecule has 0 bridgehead atoms. The molecule has 0 fully saturated rings. The van der Waals surface area contributed by atoms with Gasteiger partial charge in [0.25, 0.3) is 0 Å². The van der Waals surface area contributed by atoms with Crippen molar-refractivity contribution in [1.82, 2.24) is 4.90 Å². The lowest BCUT2D eigenvalue weighted by Gasteiger charge is -2.28. The van der Waals surface area contributed by atoms with E-state index >= 15 is 0 Å². The van der Waals surface area contributed by atoms with Crippen LogP contribution in [0.25, 0.3) is 0 Å². The smallest absolute Gasteiger partial charge is 0.0615 e. The third-order valence-electron chi connectivity index (χ3n) is 2.63. The monoisotopic (exact) mass is 285 g/mol. The summed E-state index contributed by atoms with van der Waals surface area (Å²) in [4.78, 5) is 2.42. The van der Waals surface area contributed by atoms with Gasteiger partial charge in [-0.1, -0.05) is 46.3 Å². The molecule has 1 aromatic carbocycles. The molecule has 0 radical (unpaired) electrons. The molecular weight excluding hydrogens is 266 g/mol. The van der Waals surface area contributed by atoms with Crippen molar-refractivity contribution in [2.45, 2.75) is 19.5 Å². The standard InChI is InChI=1S/C13H20BrNO/c1-12(11-16-2)15(9-8-14)10-13-6-4-3-5-7-13/h3-7,12H,8-11H2,1-2H3. The third kappa shape index (κ3) is 4.64. The Balaban J connectivity index is 2.57. The van der Waals surface area contributed by atoms with Crippen molar-refractivity contribution in [3.63, 3.8) is 0 Å². The summed E-state index contributed by atoms with van der Waals surface area (Å²) in [7, 11) is 1.76. The van der Waals surface area contributed by atoms with Gasteiger partial charge in [-0.25, -0.2) is 0 Å². The van der Waals surface area contributed by atoms with Gasteiger partial charge >= 0.3 is 0 Å². The highest BCUT2D eigenvalue weighted by Crippen LogP contribution is 2.09. The lowest BCUT2D eigenvalue weighted by molar-refractivity contribution is 0.0991. The van der Waals surface area contributed by atoms with E-state index in [1.54, 1.807) is 7.11 Å². The van der Waals surface area contributed by atoms with Crippen molar-refractivity contribution in [3.8, 4) is 0 Å². The third-order valence-corrected chi connectivity index (χ3v) is 2.99. The molecule has 1 aromatic rings. The summed E-state index contributed by atoms with van der Waals surface area (Å²) >= 11 is 3.50. The zero-order chi connectivity index (χ0) is 11.8. The molecule has 0 saturated heterocycles. The summed E-state index contributed by atoms with van der Waals surface area (Å²) in [6, 6.07) is 11.0. The second kappa shape index (κ2) is 7.82. The van der Waals surface area contributed by atoms with Crippen molar-refractivity contribution in [2.24, 2.45) is 0 Å². The summed E-state index contributed by atoms with van der Waals surface area (Å²) in [5.74, 6) is 0. The highest BCUT2D eigenvalue weighted by Gasteiger charge is 2.12. The molecule has 0 amide bonds. The highest BCUT2D eigenvalue weighted by molar-refractivity contribution is 9.09. The van der Waals surface area contributed by atoms with Gasteiger partial charge in [0, 0.05) is 31.6 Å². The van der Waals surface area contributed by atoms with Crippen LogP contribution in [0.4, 0.5) is 0 Å². The first-order valence-corrected chi connectivity index (χ1v) is 6.73. The van der Waals surface area contributed by atoms with Crippen molar-refractivity contribution < 1.29 is 4.74 Å². The van der Waals surface area contributed by atoms with Gasteiger partial charge in [-0.05, 0) is 12.5 Å². The van der Waals surface area contributed by atoms with E-state index in [1.807, 2.05) is 0 Å². The average Bonchev–Trinajstić information content (AvgIpc) is 2.30. The van der Waals surface area contributed by atoms with E-state index in [-0.39, 0.29) is 0 Å². The van der Waals surface area contributed by atoms with Crippen LogP contribution >= 0.6 is 15.9 Å². The number of ether oxygens (including phenoxy) is 1. The Morgan fingerprint density at radius 3 is 2.56 bits per heavy atom. The molecule has 3 heteroatoms. The average molecular weight is 286 g/mol. The Hall–Kier alpha value is -0.380. The van der Waals surface area contributed by atoms with E-state index in [1.165, 1.54) is 5.56 Å². The number of benzene rings is 1. The number of alkyl halides is 1. The molecule has 1 atom stereocenters. The molecule has 0 aliphatic heterocycles. The van der Waals surface area contributed by atoms with Crippen molar-refractivity contribution in [2.75, 3.05) is 25.6 Å². The molecule has 0 aromatic heterocycles. The fraction of sp³-hybridized carbons (Fsp3) is 0.538. The summed E-state index contributed by atoms with van der Waals surface area (Å²) in [5, 5.41) is 0.994. The second-order valence-corrected chi connectivity index (χ2v) is 4.74. The molecule has 0 aliphatic rings. The topological polar surface area (TPSA) is 12.5 Å². The normalized spacial score (nSPS) is 13.0. The summed E-state index contributed by atoms with van der Waals surface area (Å²) in [5.41, 5.74) is 1.35. The maximum absolute atomic E-state index is 5.21. The maximum atomic E-state index is 5.21. The lowest BCUT2D eigenvalue weighted by Crippen LogP contribution is -2.37. The molecule has 0 saturated carbocycles. The zero-order valence-corrected chi connectivity index (χ0v) is 11.6. The minimum absolute atomic E-state index is 0.447. The predicted molar refractivity (Wildman–Crippen MR) is 72.0 cm³/mol. The first-order chi connectivity index (χ1) is 7.77. The maximum Gasteiger partial charge on any atom is 0.0615 e. The van der Waals surface area contributed by atoms with Gasteiger partial charge in [0.2, 0.25) is 0 Å². The quantitative estimate of drug-likeness (QED) is 0.715. The first kappa shape index (κ1) is 13.7. The number of rotatable bonds is 7. The van der Waals surface area contributed by atoms with Gasteiger partial charge in [0.1, 0.15) is 0 Å². The molecular formula is C13H20BrNO. The predicted octanol–water partition coefficient (Wildman–Crippen LogP) is 2.92. The largest absolute Gasteiger partial charge is 0.383 e. The Morgan fingerprint density at radius 2 is 2.00 bits per heavy atom. The summed E-state index contributed by atoms with van der Waals surface area (Å²) < 4.78 is 5.21. The molecule has 16 heavy (non-hydrogen) atoms. The number of nitrogens with zero attached hydrogens (tertiary/aromatic N) is 1. The van der Waals surface area contributed by atoms with Crippen LogP contribution < -0.4 is 0 Å². The van der Waals surface area contributed by atoms with Crippen LogP contribution in [0.5, 0.6) is 0 Å². The number of methoxy groups -OCH3 is 1. The zero-order valence-electron chi connectivity index (χ0n) is 10.0. The van der Waals surface area contributed by atoms with E-state index in [4.69, 9.17) is 4.74 Å². The van der Waals surface area contributed by atoms with Crippen molar-refractivity contribution in [1.29, 1.82) is 0 Å². The first-order valence-electron chi connectivity index (χ1n) is 5.60. The minimum Gasteiger partial charge on any atom is -0.383 e. The molecule has 90 valence electrons. The van der Waals surface area contributed by atoms with E-state index in [9.17, 15) is 0 Å². The minimum atomic E-state index is 0.447. The van der Waals surface area contributed by atoms with Gasteiger partial charge in [-0.15, -0.1) is 0 Å². The SMILES string of the molecule is COCC(C)N(CCBr)Cc1ccccc1. The van der Waals surface area contributed by atoms with Gasteiger partial charge in [-0.3, -0.25) is 4.90 Å². The highest BCUT2D eigenvalue weighted by atomic mass is 79.9. The van der Waals surface area contributed by atoms with Crippen molar-refractivity contribution >= 4 is 15.9 Å². The number of hydrogen-bond donors (Lipinski definition) is 0. The van der Waals surface area contributed by atoms with Crippen molar-refractivity contribution in [3.05, 3.63) is 35.9 Å². The van der Waals surface area contributed by atoms with Gasteiger partial charge in [0.05, 0.1) is 6.61 Å². The molecule has 1 rings (SSSR count). The summed E-state index contributed by atoms with van der Waals surface area (Å²) in [6.45, 7) is 5.01. The van der Waals surface area contributed by atoms with Gasteiger partial charge in [0.15, 0.2) is 0 Å². The van der Waals surface area contributed by atoms with Crippen LogP contribution in [0.15, 0.2) is 30.3 Å². The molecule has 0 aliphatic carbocycles. The molecule has 1 unspecified atom stereocenters.